The number of nitriles is 1. The van der Waals surface area contributed by atoms with Crippen LogP contribution in [-0.4, -0.2) is 44.6 Å². The number of rotatable bonds is 6. The summed E-state index contributed by atoms with van der Waals surface area (Å²) in [5.74, 6) is 0.525. The van der Waals surface area contributed by atoms with Crippen molar-refractivity contribution in [3.8, 4) is 6.19 Å². The molecule has 1 fully saturated rings. The quantitative estimate of drug-likeness (QED) is 0.343. The van der Waals surface area contributed by atoms with Crippen LogP contribution >= 0.6 is 0 Å². The highest BCUT2D eigenvalue weighted by Gasteiger charge is 2.37. The minimum Gasteiger partial charge on any atom is -0.359 e. The maximum Gasteiger partial charge on any atom is 0.236 e. The minimum absolute atomic E-state index is 0.0201. The predicted molar refractivity (Wildman–Crippen MR) is 107 cm³/mol. The Hall–Kier alpha value is -2.59. The van der Waals surface area contributed by atoms with Gasteiger partial charge in [0.25, 0.3) is 0 Å². The second kappa shape index (κ2) is 9.93. The summed E-state index contributed by atoms with van der Waals surface area (Å²) in [4.78, 5) is 16.0. The predicted octanol–water partition coefficient (Wildman–Crippen LogP) is 1.24. The summed E-state index contributed by atoms with van der Waals surface area (Å²) in [6, 6.07) is 10.5. The topological polar surface area (TPSA) is 101 Å². The van der Waals surface area contributed by atoms with Gasteiger partial charge < -0.3 is 21.3 Å². The molecule has 4 N–H and O–H groups in total. The molecule has 146 valence electrons. The van der Waals surface area contributed by atoms with E-state index in [0.29, 0.717) is 12.5 Å². The van der Waals surface area contributed by atoms with Gasteiger partial charge in [-0.2, -0.15) is 5.26 Å². The molecular formula is C20H30N6O. The average molecular weight is 371 g/mol. The normalized spacial score (nSPS) is 23.8. The highest BCUT2D eigenvalue weighted by atomic mass is 16.2. The summed E-state index contributed by atoms with van der Waals surface area (Å²) in [7, 11) is 3.54. The van der Waals surface area contributed by atoms with Crippen molar-refractivity contribution >= 4 is 11.9 Å². The lowest BCUT2D eigenvalue weighted by atomic mass is 9.68. The lowest BCUT2D eigenvalue weighted by molar-refractivity contribution is -0.123. The van der Waals surface area contributed by atoms with Crippen molar-refractivity contribution in [1.82, 2.24) is 21.3 Å². The molecule has 1 aliphatic carbocycles. The van der Waals surface area contributed by atoms with Gasteiger partial charge in [0.15, 0.2) is 0 Å². The molecule has 1 aromatic rings. The molecule has 1 atom stereocenters. The Labute approximate surface area is 161 Å². The molecule has 7 nitrogen and oxygen atoms in total. The van der Waals surface area contributed by atoms with Crippen LogP contribution < -0.4 is 21.3 Å². The summed E-state index contributed by atoms with van der Waals surface area (Å²) in [5.41, 5.74) is 1.19. The van der Waals surface area contributed by atoms with Gasteiger partial charge in [-0.05, 0) is 45.2 Å². The van der Waals surface area contributed by atoms with Crippen molar-refractivity contribution in [2.24, 2.45) is 4.99 Å². The van der Waals surface area contributed by atoms with Gasteiger partial charge in [-0.15, -0.1) is 4.99 Å². The molecule has 0 bridgehead atoms. The Morgan fingerprint density at radius 3 is 2.52 bits per heavy atom. The Morgan fingerprint density at radius 1 is 1.30 bits per heavy atom. The van der Waals surface area contributed by atoms with Crippen LogP contribution in [-0.2, 0) is 10.2 Å². The Kier molecular flexibility index (Phi) is 7.62. The fraction of sp³-hybridized carbons (Fsp3) is 0.550. The summed E-state index contributed by atoms with van der Waals surface area (Å²) in [6.07, 6.45) is 5.60. The van der Waals surface area contributed by atoms with E-state index in [-0.39, 0.29) is 23.4 Å². The second-order valence-corrected chi connectivity index (χ2v) is 7.10. The number of amides is 1. The Bertz CT molecular complexity index is 673. The van der Waals surface area contributed by atoms with Crippen molar-refractivity contribution in [1.29, 1.82) is 5.26 Å². The molecule has 0 saturated heterocycles. The Morgan fingerprint density at radius 2 is 1.96 bits per heavy atom. The minimum atomic E-state index is -0.212. The van der Waals surface area contributed by atoms with E-state index in [0.717, 1.165) is 25.7 Å². The van der Waals surface area contributed by atoms with Crippen molar-refractivity contribution in [2.45, 2.75) is 50.1 Å². The zero-order chi connectivity index (χ0) is 19.7. The van der Waals surface area contributed by atoms with Crippen molar-refractivity contribution < 1.29 is 4.79 Å². The third kappa shape index (κ3) is 5.44. The van der Waals surface area contributed by atoms with E-state index >= 15 is 0 Å². The van der Waals surface area contributed by atoms with Gasteiger partial charge in [-0.1, -0.05) is 30.3 Å². The van der Waals surface area contributed by atoms with Gasteiger partial charge in [0, 0.05) is 25.0 Å². The first kappa shape index (κ1) is 20.7. The average Bonchev–Trinajstić information content (AvgIpc) is 2.72. The van der Waals surface area contributed by atoms with E-state index in [4.69, 9.17) is 5.26 Å². The van der Waals surface area contributed by atoms with Crippen LogP contribution in [0.2, 0.25) is 0 Å². The summed E-state index contributed by atoms with van der Waals surface area (Å²) < 4.78 is 0. The maximum absolute atomic E-state index is 12.3. The molecule has 0 spiro atoms. The fourth-order valence-corrected chi connectivity index (χ4v) is 3.62. The molecule has 27 heavy (non-hydrogen) atoms. The van der Waals surface area contributed by atoms with Gasteiger partial charge in [0.1, 0.15) is 0 Å². The van der Waals surface area contributed by atoms with Crippen molar-refractivity contribution in [3.05, 3.63) is 35.9 Å². The first-order chi connectivity index (χ1) is 13.0. The molecular weight excluding hydrogens is 340 g/mol. The van der Waals surface area contributed by atoms with E-state index in [1.807, 2.05) is 19.2 Å². The standard InChI is InChI=1S/C20H30N6O/c1-15(22-2)18(27)24-13-20(16-7-5-4-6-8-16)11-9-17(10-12-20)26-19(23-3)25-14-21/h4-8,15,17,22H,9-13H2,1-3H3,(H,24,27)(H2,23,25,26)/t15-,17-,20-/m1/s1. The molecule has 0 aromatic heterocycles. The third-order valence-electron chi connectivity index (χ3n) is 5.50. The van der Waals surface area contributed by atoms with Crippen molar-refractivity contribution in [3.63, 3.8) is 0 Å². The number of guanidine groups is 1. The van der Waals surface area contributed by atoms with E-state index in [9.17, 15) is 4.79 Å². The highest BCUT2D eigenvalue weighted by molar-refractivity contribution is 5.81. The van der Waals surface area contributed by atoms with Gasteiger partial charge in [-0.25, -0.2) is 0 Å². The van der Waals surface area contributed by atoms with Gasteiger partial charge >= 0.3 is 0 Å². The zero-order valence-corrected chi connectivity index (χ0v) is 16.4. The first-order valence-electron chi connectivity index (χ1n) is 9.46. The van der Waals surface area contributed by atoms with Gasteiger partial charge in [0.05, 0.1) is 6.04 Å². The maximum atomic E-state index is 12.3. The van der Waals surface area contributed by atoms with Crippen LogP contribution in [0.4, 0.5) is 0 Å². The number of hydrogen-bond acceptors (Lipinski definition) is 4. The number of carbonyl (C=O) groups is 1. The smallest absolute Gasteiger partial charge is 0.236 e. The highest BCUT2D eigenvalue weighted by Crippen LogP contribution is 2.39. The summed E-state index contributed by atoms with van der Waals surface area (Å²) >= 11 is 0. The lowest BCUT2D eigenvalue weighted by Gasteiger charge is -2.41. The number of benzene rings is 1. The third-order valence-corrected chi connectivity index (χ3v) is 5.50. The van der Waals surface area contributed by atoms with Gasteiger partial charge in [0.2, 0.25) is 18.1 Å². The van der Waals surface area contributed by atoms with Crippen LogP contribution in [0.5, 0.6) is 0 Å². The molecule has 1 aromatic carbocycles. The SMILES string of the molecule is CN/C(=N\C#N)N[C@H]1CC[C@](CNC(=O)[C@@H](C)NC)(c2ccccc2)CC1. The molecule has 1 aliphatic rings. The molecule has 1 amide bonds. The number of carbonyl (C=O) groups excluding carboxylic acids is 1. The van der Waals surface area contributed by atoms with Crippen LogP contribution in [0.25, 0.3) is 0 Å². The van der Waals surface area contributed by atoms with E-state index in [2.05, 4.69) is 50.5 Å². The van der Waals surface area contributed by atoms with E-state index in [1.165, 1.54) is 5.56 Å². The van der Waals surface area contributed by atoms with E-state index in [1.54, 1.807) is 14.1 Å². The van der Waals surface area contributed by atoms with Gasteiger partial charge in [-0.3, -0.25) is 4.79 Å². The lowest BCUT2D eigenvalue weighted by Crippen LogP contribution is -2.51. The molecule has 7 heteroatoms. The van der Waals surface area contributed by atoms with E-state index < -0.39 is 0 Å². The Balaban J connectivity index is 2.09. The van der Waals surface area contributed by atoms with Crippen LogP contribution in [0.1, 0.15) is 38.2 Å². The largest absolute Gasteiger partial charge is 0.359 e. The van der Waals surface area contributed by atoms with Crippen LogP contribution in [0.15, 0.2) is 35.3 Å². The zero-order valence-electron chi connectivity index (χ0n) is 16.4. The number of nitrogens with one attached hydrogen (secondary N) is 4. The second-order valence-electron chi connectivity index (χ2n) is 7.10. The fourth-order valence-electron chi connectivity index (χ4n) is 3.62. The number of hydrogen-bond donors (Lipinski definition) is 4. The molecule has 0 radical (unpaired) electrons. The molecule has 0 unspecified atom stereocenters. The summed E-state index contributed by atoms with van der Waals surface area (Å²) in [6.45, 7) is 2.49. The number of likely N-dealkylation sites (N-methyl/N-ethyl adjacent to an activating group) is 1. The number of nitrogens with zero attached hydrogens (tertiary/aromatic N) is 2. The van der Waals surface area contributed by atoms with Crippen LogP contribution in [0, 0.1) is 11.5 Å². The molecule has 0 aliphatic heterocycles. The summed E-state index contributed by atoms with van der Waals surface area (Å²) in [5, 5.41) is 21.1. The molecule has 2 rings (SSSR count). The monoisotopic (exact) mass is 370 g/mol. The number of aliphatic imine (C=N–C) groups is 1. The first-order valence-corrected chi connectivity index (χ1v) is 9.46. The molecule has 0 heterocycles. The van der Waals surface area contributed by atoms with Crippen LogP contribution in [0.3, 0.4) is 0 Å². The van der Waals surface area contributed by atoms with Crippen molar-refractivity contribution in [2.75, 3.05) is 20.6 Å². The molecule has 1 saturated carbocycles.